The fourth-order valence-corrected chi connectivity index (χ4v) is 1.48. The molecular formula is C11H20N2O2. The molecule has 1 saturated carbocycles. The number of alkyl carbamates (subject to hydrolysis) is 1. The van der Waals surface area contributed by atoms with Gasteiger partial charge in [-0.05, 0) is 33.6 Å². The van der Waals surface area contributed by atoms with Crippen LogP contribution in [0.3, 0.4) is 0 Å². The molecule has 3 N–H and O–H groups in total. The Hall–Kier alpha value is -1.03. The number of carbonyl (C=O) groups is 1. The van der Waals surface area contributed by atoms with E-state index in [-0.39, 0.29) is 6.04 Å². The maximum atomic E-state index is 11.4. The number of nitrogens with two attached hydrogens (primary N) is 1. The van der Waals surface area contributed by atoms with Gasteiger partial charge in [0.2, 0.25) is 0 Å². The van der Waals surface area contributed by atoms with E-state index in [0.717, 1.165) is 12.8 Å². The molecule has 15 heavy (non-hydrogen) atoms. The molecule has 0 radical (unpaired) electrons. The lowest BCUT2D eigenvalue weighted by Gasteiger charge is -2.34. The van der Waals surface area contributed by atoms with E-state index >= 15 is 0 Å². The highest BCUT2D eigenvalue weighted by Gasteiger charge is 2.29. The number of carbonyl (C=O) groups excluding carboxylic acids is 1. The van der Waals surface area contributed by atoms with Crippen LogP contribution in [0.1, 0.15) is 33.6 Å². The molecule has 0 bridgehead atoms. The first kappa shape index (κ1) is 12.0. The van der Waals surface area contributed by atoms with Crippen molar-refractivity contribution in [1.29, 1.82) is 0 Å². The van der Waals surface area contributed by atoms with E-state index in [1.165, 1.54) is 0 Å². The number of rotatable bonds is 2. The van der Waals surface area contributed by atoms with Gasteiger partial charge >= 0.3 is 6.09 Å². The summed E-state index contributed by atoms with van der Waals surface area (Å²) in [5.41, 5.74) is 5.90. The van der Waals surface area contributed by atoms with Crippen molar-refractivity contribution in [3.05, 3.63) is 12.3 Å². The molecule has 0 aromatic carbocycles. The van der Waals surface area contributed by atoms with Crippen LogP contribution in [0.2, 0.25) is 0 Å². The van der Waals surface area contributed by atoms with Crippen molar-refractivity contribution in [2.45, 2.75) is 45.3 Å². The molecule has 0 heterocycles. The van der Waals surface area contributed by atoms with Gasteiger partial charge in [0.1, 0.15) is 5.60 Å². The topological polar surface area (TPSA) is 64.3 Å². The van der Waals surface area contributed by atoms with Crippen LogP contribution in [0.4, 0.5) is 4.79 Å². The van der Waals surface area contributed by atoms with Crippen LogP contribution in [0, 0.1) is 5.92 Å². The fraction of sp³-hybridized carbons (Fsp3) is 0.727. The molecule has 0 aromatic heterocycles. The van der Waals surface area contributed by atoms with Crippen molar-refractivity contribution < 1.29 is 9.53 Å². The summed E-state index contributed by atoms with van der Waals surface area (Å²) in [6.07, 6.45) is 1.36. The SMILES string of the molecule is C=C(NC(=O)OC(C)(C)C)[C@H]1C[C@@H](N)C1. The third-order valence-corrected chi connectivity index (χ3v) is 2.33. The molecule has 1 amide bonds. The molecule has 4 nitrogen and oxygen atoms in total. The normalized spacial score (nSPS) is 25.3. The molecule has 0 aliphatic heterocycles. The zero-order valence-corrected chi connectivity index (χ0v) is 9.67. The second kappa shape index (κ2) is 4.23. The highest BCUT2D eigenvalue weighted by atomic mass is 16.6. The second-order valence-electron chi connectivity index (χ2n) is 5.08. The molecule has 86 valence electrons. The Bertz CT molecular complexity index is 262. The summed E-state index contributed by atoms with van der Waals surface area (Å²) in [4.78, 5) is 11.4. The molecule has 4 heteroatoms. The summed E-state index contributed by atoms with van der Waals surface area (Å²) in [7, 11) is 0. The third kappa shape index (κ3) is 3.91. The lowest BCUT2D eigenvalue weighted by atomic mass is 9.79. The Morgan fingerprint density at radius 1 is 1.47 bits per heavy atom. The van der Waals surface area contributed by atoms with E-state index in [0.29, 0.717) is 11.6 Å². The van der Waals surface area contributed by atoms with Gasteiger partial charge in [0.05, 0.1) is 0 Å². The Kier molecular flexibility index (Phi) is 3.39. The predicted molar refractivity (Wildman–Crippen MR) is 59.2 cm³/mol. The van der Waals surface area contributed by atoms with Crippen molar-refractivity contribution >= 4 is 6.09 Å². The van der Waals surface area contributed by atoms with E-state index < -0.39 is 11.7 Å². The Labute approximate surface area is 90.9 Å². The number of nitrogens with one attached hydrogen (secondary N) is 1. The summed E-state index contributed by atoms with van der Waals surface area (Å²) in [5.74, 6) is 0.313. The number of amides is 1. The minimum Gasteiger partial charge on any atom is -0.444 e. The van der Waals surface area contributed by atoms with E-state index in [1.807, 2.05) is 20.8 Å². The molecule has 0 unspecified atom stereocenters. The standard InChI is InChI=1S/C11H20N2O2/c1-7(8-5-9(12)6-8)13-10(14)15-11(2,3)4/h8-9H,1,5-6,12H2,2-4H3,(H,13,14)/t8-,9+. The molecule has 0 aromatic rings. The first-order valence-electron chi connectivity index (χ1n) is 5.22. The minimum atomic E-state index is -0.472. The summed E-state index contributed by atoms with van der Waals surface area (Å²) in [6, 6.07) is 0.257. The van der Waals surface area contributed by atoms with Gasteiger partial charge in [-0.2, -0.15) is 0 Å². The van der Waals surface area contributed by atoms with Gasteiger partial charge in [0.15, 0.2) is 0 Å². The van der Waals surface area contributed by atoms with Gasteiger partial charge < -0.3 is 10.5 Å². The van der Waals surface area contributed by atoms with Crippen molar-refractivity contribution in [3.63, 3.8) is 0 Å². The summed E-state index contributed by atoms with van der Waals surface area (Å²) < 4.78 is 5.11. The van der Waals surface area contributed by atoms with Gasteiger partial charge in [-0.25, -0.2) is 4.79 Å². The van der Waals surface area contributed by atoms with E-state index in [9.17, 15) is 4.79 Å². The van der Waals surface area contributed by atoms with Crippen LogP contribution in [0.5, 0.6) is 0 Å². The molecule has 1 aliphatic carbocycles. The van der Waals surface area contributed by atoms with E-state index in [2.05, 4.69) is 11.9 Å². The molecule has 0 atom stereocenters. The third-order valence-electron chi connectivity index (χ3n) is 2.33. The maximum Gasteiger partial charge on any atom is 0.411 e. The predicted octanol–water partition coefficient (Wildman–Crippen LogP) is 1.76. The first-order chi connectivity index (χ1) is 6.78. The van der Waals surface area contributed by atoms with Gasteiger partial charge in [-0.15, -0.1) is 0 Å². The van der Waals surface area contributed by atoms with Crippen LogP contribution in [0.15, 0.2) is 12.3 Å². The number of allylic oxidation sites excluding steroid dienone is 1. The van der Waals surface area contributed by atoms with Gasteiger partial charge in [-0.1, -0.05) is 6.58 Å². The summed E-state index contributed by atoms with van der Waals surface area (Å²) in [5, 5.41) is 2.65. The smallest absolute Gasteiger partial charge is 0.411 e. The average molecular weight is 212 g/mol. The number of ether oxygens (including phenoxy) is 1. The molecule has 1 aliphatic rings. The Morgan fingerprint density at radius 2 is 2.00 bits per heavy atom. The molecule has 0 saturated heterocycles. The van der Waals surface area contributed by atoms with Gasteiger partial charge in [0.25, 0.3) is 0 Å². The summed E-state index contributed by atoms with van der Waals surface area (Å²) in [6.45, 7) is 9.30. The molecule has 1 rings (SSSR count). The quantitative estimate of drug-likeness (QED) is 0.733. The fourth-order valence-electron chi connectivity index (χ4n) is 1.48. The highest BCUT2D eigenvalue weighted by molar-refractivity contribution is 5.70. The second-order valence-corrected chi connectivity index (χ2v) is 5.08. The molecular weight excluding hydrogens is 192 g/mol. The lowest BCUT2D eigenvalue weighted by molar-refractivity contribution is 0.0534. The highest BCUT2D eigenvalue weighted by Crippen LogP contribution is 2.30. The van der Waals surface area contributed by atoms with Crippen LogP contribution >= 0.6 is 0 Å². The zero-order valence-electron chi connectivity index (χ0n) is 9.67. The Morgan fingerprint density at radius 3 is 2.40 bits per heavy atom. The first-order valence-corrected chi connectivity index (χ1v) is 5.22. The molecule has 0 spiro atoms. The van der Waals surface area contributed by atoms with Crippen LogP contribution < -0.4 is 11.1 Å². The monoisotopic (exact) mass is 212 g/mol. The van der Waals surface area contributed by atoms with E-state index in [4.69, 9.17) is 10.5 Å². The zero-order chi connectivity index (χ0) is 11.6. The minimum absolute atomic E-state index is 0.257. The van der Waals surface area contributed by atoms with E-state index in [1.54, 1.807) is 0 Å². The van der Waals surface area contributed by atoms with Gasteiger partial charge in [0, 0.05) is 17.7 Å². The average Bonchev–Trinajstić information content (AvgIpc) is 1.94. The maximum absolute atomic E-state index is 11.4. The van der Waals surface area contributed by atoms with Gasteiger partial charge in [-0.3, -0.25) is 5.32 Å². The molecule has 1 fully saturated rings. The number of hydrogen-bond acceptors (Lipinski definition) is 3. The van der Waals surface area contributed by atoms with Crippen LogP contribution in [-0.2, 0) is 4.74 Å². The van der Waals surface area contributed by atoms with Crippen molar-refractivity contribution in [1.82, 2.24) is 5.32 Å². The van der Waals surface area contributed by atoms with Crippen molar-refractivity contribution in [2.24, 2.45) is 11.7 Å². The Balaban J connectivity index is 2.29. The largest absolute Gasteiger partial charge is 0.444 e. The summed E-state index contributed by atoms with van der Waals surface area (Å²) >= 11 is 0. The van der Waals surface area contributed by atoms with Crippen LogP contribution in [-0.4, -0.2) is 17.7 Å². The van der Waals surface area contributed by atoms with Crippen molar-refractivity contribution in [3.8, 4) is 0 Å². The van der Waals surface area contributed by atoms with Crippen LogP contribution in [0.25, 0.3) is 0 Å². The lowest BCUT2D eigenvalue weighted by Crippen LogP contribution is -2.42. The van der Waals surface area contributed by atoms with Crippen molar-refractivity contribution in [2.75, 3.05) is 0 Å². The number of hydrogen-bond donors (Lipinski definition) is 2.